The molecule has 0 aliphatic heterocycles. The number of para-hydroxylation sites is 1. The molecular formula is C17H21NO2S. The van der Waals surface area contributed by atoms with Gasteiger partial charge in [-0.25, -0.2) is 0 Å². The molecule has 0 saturated carbocycles. The van der Waals surface area contributed by atoms with Crippen molar-refractivity contribution in [3.05, 3.63) is 54.1 Å². The molecular weight excluding hydrogens is 282 g/mol. The van der Waals surface area contributed by atoms with E-state index in [4.69, 9.17) is 15.2 Å². The van der Waals surface area contributed by atoms with E-state index in [2.05, 4.69) is 13.0 Å². The predicted molar refractivity (Wildman–Crippen MR) is 88.2 cm³/mol. The molecule has 0 radical (unpaired) electrons. The zero-order chi connectivity index (χ0) is 15.2. The number of thioether (sulfide) groups is 1. The highest BCUT2D eigenvalue weighted by molar-refractivity contribution is 8.00. The van der Waals surface area contributed by atoms with Gasteiger partial charge < -0.3 is 15.2 Å². The Hall–Kier alpha value is -1.65. The van der Waals surface area contributed by atoms with Crippen molar-refractivity contribution in [1.82, 2.24) is 0 Å². The summed E-state index contributed by atoms with van der Waals surface area (Å²) >= 11 is 1.73. The molecule has 0 spiro atoms. The van der Waals surface area contributed by atoms with E-state index in [1.54, 1.807) is 26.0 Å². The maximum Gasteiger partial charge on any atom is 0.132 e. The number of hydrogen-bond acceptors (Lipinski definition) is 4. The van der Waals surface area contributed by atoms with Gasteiger partial charge in [0, 0.05) is 16.2 Å². The first kappa shape index (κ1) is 15.7. The maximum atomic E-state index is 6.37. The highest BCUT2D eigenvalue weighted by Crippen LogP contribution is 2.36. The van der Waals surface area contributed by atoms with Gasteiger partial charge in [-0.2, -0.15) is 0 Å². The summed E-state index contributed by atoms with van der Waals surface area (Å²) in [5, 5.41) is 0.231. The van der Waals surface area contributed by atoms with Gasteiger partial charge in [0.05, 0.1) is 14.2 Å². The Balaban J connectivity index is 2.09. The van der Waals surface area contributed by atoms with Crippen molar-refractivity contribution in [1.29, 1.82) is 0 Å². The smallest absolute Gasteiger partial charge is 0.132 e. The topological polar surface area (TPSA) is 44.5 Å². The van der Waals surface area contributed by atoms with Crippen LogP contribution in [0.1, 0.15) is 18.5 Å². The molecule has 2 unspecified atom stereocenters. The Morgan fingerprint density at radius 3 is 2.24 bits per heavy atom. The van der Waals surface area contributed by atoms with E-state index < -0.39 is 0 Å². The van der Waals surface area contributed by atoms with E-state index >= 15 is 0 Å². The second-order valence-electron chi connectivity index (χ2n) is 4.77. The zero-order valence-electron chi connectivity index (χ0n) is 12.6. The molecule has 112 valence electrons. The van der Waals surface area contributed by atoms with Crippen LogP contribution in [0, 0.1) is 0 Å². The quantitative estimate of drug-likeness (QED) is 0.822. The minimum atomic E-state index is -0.0502. The fourth-order valence-corrected chi connectivity index (χ4v) is 3.22. The normalized spacial score (nSPS) is 13.5. The second kappa shape index (κ2) is 7.38. The molecule has 0 aromatic heterocycles. The van der Waals surface area contributed by atoms with Crippen LogP contribution in [0.25, 0.3) is 0 Å². The first-order valence-electron chi connectivity index (χ1n) is 6.85. The third-order valence-electron chi connectivity index (χ3n) is 3.39. The van der Waals surface area contributed by atoms with E-state index in [1.807, 2.05) is 42.5 Å². The Bertz CT molecular complexity index is 571. The second-order valence-corrected chi connectivity index (χ2v) is 6.19. The molecule has 2 atom stereocenters. The van der Waals surface area contributed by atoms with Crippen molar-refractivity contribution >= 4 is 11.8 Å². The fraction of sp³-hybridized carbons (Fsp3) is 0.294. The molecule has 3 nitrogen and oxygen atoms in total. The molecule has 0 saturated heterocycles. The number of ether oxygens (including phenoxy) is 2. The van der Waals surface area contributed by atoms with Crippen molar-refractivity contribution in [2.75, 3.05) is 14.2 Å². The van der Waals surface area contributed by atoms with Gasteiger partial charge in [0.1, 0.15) is 11.5 Å². The molecule has 2 rings (SSSR count). The van der Waals surface area contributed by atoms with Gasteiger partial charge >= 0.3 is 0 Å². The Kier molecular flexibility index (Phi) is 5.53. The van der Waals surface area contributed by atoms with Crippen molar-refractivity contribution < 1.29 is 9.47 Å². The molecule has 2 N–H and O–H groups in total. The van der Waals surface area contributed by atoms with Gasteiger partial charge in [-0.05, 0) is 29.8 Å². The summed E-state index contributed by atoms with van der Waals surface area (Å²) < 4.78 is 10.6. The average molecular weight is 303 g/mol. The number of nitrogens with two attached hydrogens (primary N) is 1. The summed E-state index contributed by atoms with van der Waals surface area (Å²) in [6.07, 6.45) is 0. The molecule has 2 aromatic rings. The van der Waals surface area contributed by atoms with Gasteiger partial charge in [-0.3, -0.25) is 0 Å². The van der Waals surface area contributed by atoms with Crippen LogP contribution < -0.4 is 15.2 Å². The van der Waals surface area contributed by atoms with E-state index in [-0.39, 0.29) is 11.3 Å². The lowest BCUT2D eigenvalue weighted by molar-refractivity contribution is 0.404. The highest BCUT2D eigenvalue weighted by atomic mass is 32.2. The van der Waals surface area contributed by atoms with Crippen LogP contribution in [0.3, 0.4) is 0 Å². The summed E-state index contributed by atoms with van der Waals surface area (Å²) in [6, 6.07) is 15.9. The van der Waals surface area contributed by atoms with Crippen LogP contribution in [-0.2, 0) is 0 Å². The van der Waals surface area contributed by atoms with Crippen molar-refractivity contribution in [3.63, 3.8) is 0 Å². The zero-order valence-corrected chi connectivity index (χ0v) is 13.4. The molecule has 21 heavy (non-hydrogen) atoms. The first-order chi connectivity index (χ1) is 10.2. The summed E-state index contributed by atoms with van der Waals surface area (Å²) in [5.41, 5.74) is 7.47. The third kappa shape index (κ3) is 3.93. The van der Waals surface area contributed by atoms with Crippen LogP contribution in [-0.4, -0.2) is 19.5 Å². The molecule has 0 bridgehead atoms. The SMILES string of the molecule is COc1ccc(C(N)C(C)Sc2ccccc2OC)cc1. The number of hydrogen-bond donors (Lipinski definition) is 1. The van der Waals surface area contributed by atoms with Crippen LogP contribution in [0.4, 0.5) is 0 Å². The van der Waals surface area contributed by atoms with E-state index in [0.717, 1.165) is 22.0 Å². The number of rotatable bonds is 6. The minimum Gasteiger partial charge on any atom is -0.497 e. The monoisotopic (exact) mass is 303 g/mol. The van der Waals surface area contributed by atoms with Crippen molar-refractivity contribution in [2.24, 2.45) is 5.73 Å². The molecule has 4 heteroatoms. The van der Waals surface area contributed by atoms with Crippen LogP contribution in [0.5, 0.6) is 11.5 Å². The molecule has 0 heterocycles. The summed E-state index contributed by atoms with van der Waals surface area (Å²) in [5.74, 6) is 1.73. The van der Waals surface area contributed by atoms with E-state index in [1.165, 1.54) is 0 Å². The molecule has 0 aliphatic rings. The van der Waals surface area contributed by atoms with Crippen LogP contribution >= 0.6 is 11.8 Å². The fourth-order valence-electron chi connectivity index (χ4n) is 2.09. The van der Waals surface area contributed by atoms with E-state index in [9.17, 15) is 0 Å². The standard InChI is InChI=1S/C17H21NO2S/c1-12(21-16-7-5-4-6-15(16)20-3)17(18)13-8-10-14(19-2)11-9-13/h4-12,17H,18H2,1-3H3. The van der Waals surface area contributed by atoms with Crippen molar-refractivity contribution in [3.8, 4) is 11.5 Å². The van der Waals surface area contributed by atoms with Gasteiger partial charge in [-0.1, -0.05) is 31.2 Å². The van der Waals surface area contributed by atoms with Gasteiger partial charge in [0.15, 0.2) is 0 Å². The molecule has 2 aromatic carbocycles. The third-order valence-corrected chi connectivity index (χ3v) is 4.64. The molecule has 0 amide bonds. The summed E-state index contributed by atoms with van der Waals surface area (Å²) in [6.45, 7) is 2.13. The maximum absolute atomic E-state index is 6.37. The lowest BCUT2D eigenvalue weighted by atomic mass is 10.1. The predicted octanol–water partition coefficient (Wildman–Crippen LogP) is 3.88. The summed E-state index contributed by atoms with van der Waals surface area (Å²) in [7, 11) is 3.35. The minimum absolute atomic E-state index is 0.0502. The Morgan fingerprint density at radius 2 is 1.62 bits per heavy atom. The molecule has 0 fully saturated rings. The van der Waals surface area contributed by atoms with Crippen molar-refractivity contribution in [2.45, 2.75) is 23.1 Å². The molecule has 0 aliphatic carbocycles. The van der Waals surface area contributed by atoms with Gasteiger partial charge in [0.2, 0.25) is 0 Å². The van der Waals surface area contributed by atoms with Gasteiger partial charge in [0.25, 0.3) is 0 Å². The summed E-state index contributed by atoms with van der Waals surface area (Å²) in [4.78, 5) is 1.11. The Morgan fingerprint density at radius 1 is 0.952 bits per heavy atom. The lowest BCUT2D eigenvalue weighted by Gasteiger charge is -2.21. The number of methoxy groups -OCH3 is 2. The average Bonchev–Trinajstić information content (AvgIpc) is 2.54. The highest BCUT2D eigenvalue weighted by Gasteiger charge is 2.17. The van der Waals surface area contributed by atoms with Crippen LogP contribution in [0.15, 0.2) is 53.4 Å². The first-order valence-corrected chi connectivity index (χ1v) is 7.73. The Labute approximate surface area is 130 Å². The number of benzene rings is 2. The largest absolute Gasteiger partial charge is 0.497 e. The van der Waals surface area contributed by atoms with E-state index in [0.29, 0.717) is 0 Å². The lowest BCUT2D eigenvalue weighted by Crippen LogP contribution is -2.21. The van der Waals surface area contributed by atoms with Crippen LogP contribution in [0.2, 0.25) is 0 Å². The van der Waals surface area contributed by atoms with Gasteiger partial charge in [-0.15, -0.1) is 11.8 Å².